The summed E-state index contributed by atoms with van der Waals surface area (Å²) in [5, 5.41) is 0. The molecule has 3 nitrogen and oxygen atoms in total. The van der Waals surface area contributed by atoms with Gasteiger partial charge in [-0.1, -0.05) is 31.9 Å². The van der Waals surface area contributed by atoms with Gasteiger partial charge in [0, 0.05) is 19.3 Å². The lowest BCUT2D eigenvalue weighted by Gasteiger charge is -2.19. The molecule has 1 aromatic carbocycles. The maximum absolute atomic E-state index is 12.2. The van der Waals surface area contributed by atoms with Crippen molar-refractivity contribution in [2.45, 2.75) is 33.1 Å². The molecule has 1 amide bonds. The summed E-state index contributed by atoms with van der Waals surface area (Å²) in [6, 6.07) is 5.57. The molecule has 0 aliphatic heterocycles. The van der Waals surface area contributed by atoms with Gasteiger partial charge in [-0.15, -0.1) is 0 Å². The van der Waals surface area contributed by atoms with Crippen LogP contribution in [-0.2, 0) is 0 Å². The van der Waals surface area contributed by atoms with Gasteiger partial charge >= 0.3 is 0 Å². The van der Waals surface area contributed by atoms with E-state index in [4.69, 9.17) is 5.73 Å². The van der Waals surface area contributed by atoms with E-state index in [2.05, 4.69) is 6.92 Å². The number of aryl methyl sites for hydroxylation is 1. The molecule has 17 heavy (non-hydrogen) atoms. The van der Waals surface area contributed by atoms with E-state index in [9.17, 15) is 4.79 Å². The van der Waals surface area contributed by atoms with Crippen molar-refractivity contribution >= 4 is 11.6 Å². The summed E-state index contributed by atoms with van der Waals surface area (Å²) in [4.78, 5) is 14.0. The molecule has 0 unspecified atom stereocenters. The molecule has 0 aromatic heterocycles. The van der Waals surface area contributed by atoms with Crippen LogP contribution in [0.25, 0.3) is 0 Å². The summed E-state index contributed by atoms with van der Waals surface area (Å²) in [5.74, 6) is 0.0247. The van der Waals surface area contributed by atoms with Crippen LogP contribution >= 0.6 is 0 Å². The average molecular weight is 234 g/mol. The number of carbonyl (C=O) groups is 1. The smallest absolute Gasteiger partial charge is 0.255 e. The Labute approximate surface area is 104 Å². The first-order valence-electron chi connectivity index (χ1n) is 6.18. The topological polar surface area (TPSA) is 46.3 Å². The number of hydrogen-bond acceptors (Lipinski definition) is 2. The predicted octanol–water partition coefficient (Wildman–Crippen LogP) is 2.84. The van der Waals surface area contributed by atoms with Gasteiger partial charge in [-0.25, -0.2) is 0 Å². The highest BCUT2D eigenvalue weighted by atomic mass is 16.2. The molecule has 0 saturated carbocycles. The van der Waals surface area contributed by atoms with Crippen LogP contribution in [0.5, 0.6) is 0 Å². The third kappa shape index (κ3) is 3.48. The lowest BCUT2D eigenvalue weighted by molar-refractivity contribution is 0.0793. The monoisotopic (exact) mass is 234 g/mol. The molecular weight excluding hydrogens is 212 g/mol. The van der Waals surface area contributed by atoms with E-state index in [0.717, 1.165) is 31.4 Å². The van der Waals surface area contributed by atoms with Crippen molar-refractivity contribution in [1.29, 1.82) is 0 Å². The second kappa shape index (κ2) is 6.28. The third-order valence-electron chi connectivity index (χ3n) is 2.96. The highest BCUT2D eigenvalue weighted by Gasteiger charge is 2.16. The molecule has 1 rings (SSSR count). The molecule has 1 aromatic rings. The number of hydrogen-bond donors (Lipinski definition) is 1. The molecule has 2 N–H and O–H groups in total. The lowest BCUT2D eigenvalue weighted by Crippen LogP contribution is -2.29. The summed E-state index contributed by atoms with van der Waals surface area (Å²) < 4.78 is 0. The Morgan fingerprint density at radius 3 is 2.65 bits per heavy atom. The highest BCUT2D eigenvalue weighted by Crippen LogP contribution is 2.18. The number of benzene rings is 1. The van der Waals surface area contributed by atoms with Gasteiger partial charge in [0.1, 0.15) is 0 Å². The summed E-state index contributed by atoms with van der Waals surface area (Å²) >= 11 is 0. The fourth-order valence-electron chi connectivity index (χ4n) is 1.87. The summed E-state index contributed by atoms with van der Waals surface area (Å²) in [6.07, 6.45) is 3.36. The maximum Gasteiger partial charge on any atom is 0.255 e. The van der Waals surface area contributed by atoms with Gasteiger partial charge in [0.2, 0.25) is 0 Å². The van der Waals surface area contributed by atoms with E-state index >= 15 is 0 Å². The quantitative estimate of drug-likeness (QED) is 0.629. The number of amides is 1. The molecule has 94 valence electrons. The van der Waals surface area contributed by atoms with Crippen molar-refractivity contribution in [3.8, 4) is 0 Å². The Morgan fingerprint density at radius 1 is 1.35 bits per heavy atom. The first-order valence-corrected chi connectivity index (χ1v) is 6.18. The van der Waals surface area contributed by atoms with Gasteiger partial charge < -0.3 is 10.6 Å². The lowest BCUT2D eigenvalue weighted by atomic mass is 10.1. The van der Waals surface area contributed by atoms with Crippen LogP contribution in [0.15, 0.2) is 18.2 Å². The Bertz CT molecular complexity index is 368. The van der Waals surface area contributed by atoms with Crippen molar-refractivity contribution in [3.05, 3.63) is 29.3 Å². The molecule has 0 atom stereocenters. The number of anilines is 1. The van der Waals surface area contributed by atoms with E-state index in [0.29, 0.717) is 11.3 Å². The number of nitrogen functional groups attached to an aromatic ring is 1. The number of unbranched alkanes of at least 4 members (excludes halogenated alkanes) is 2. The zero-order valence-corrected chi connectivity index (χ0v) is 11.0. The summed E-state index contributed by atoms with van der Waals surface area (Å²) in [7, 11) is 1.84. The minimum absolute atomic E-state index is 0.0247. The van der Waals surface area contributed by atoms with E-state index in [-0.39, 0.29) is 5.91 Å². The molecular formula is C14H22N2O. The van der Waals surface area contributed by atoms with Crippen LogP contribution in [0.4, 0.5) is 5.69 Å². The van der Waals surface area contributed by atoms with Gasteiger partial charge in [0.25, 0.3) is 5.91 Å². The Hall–Kier alpha value is -1.51. The number of carbonyl (C=O) groups excluding carboxylic acids is 1. The molecule has 0 aliphatic rings. The van der Waals surface area contributed by atoms with Gasteiger partial charge in [-0.2, -0.15) is 0 Å². The summed E-state index contributed by atoms with van der Waals surface area (Å²) in [6.45, 7) is 4.87. The van der Waals surface area contributed by atoms with Gasteiger partial charge in [0.15, 0.2) is 0 Å². The molecule has 0 radical (unpaired) electrons. The fraction of sp³-hybridized carbons (Fsp3) is 0.500. The molecule has 0 aliphatic carbocycles. The van der Waals surface area contributed by atoms with Crippen LogP contribution in [0.3, 0.4) is 0 Å². The number of nitrogens with two attached hydrogens (primary N) is 1. The van der Waals surface area contributed by atoms with Crippen LogP contribution < -0.4 is 5.73 Å². The molecule has 3 heteroatoms. The predicted molar refractivity (Wildman–Crippen MR) is 72.1 cm³/mol. The fourth-order valence-corrected chi connectivity index (χ4v) is 1.87. The molecule has 0 saturated heterocycles. The van der Waals surface area contributed by atoms with Crippen LogP contribution in [0, 0.1) is 6.92 Å². The molecule has 0 fully saturated rings. The zero-order chi connectivity index (χ0) is 12.8. The van der Waals surface area contributed by atoms with E-state index in [1.807, 2.05) is 26.1 Å². The average Bonchev–Trinajstić information content (AvgIpc) is 2.28. The highest BCUT2D eigenvalue weighted by molar-refractivity contribution is 6.00. The second-order valence-electron chi connectivity index (χ2n) is 4.47. The van der Waals surface area contributed by atoms with Crippen LogP contribution in [0.2, 0.25) is 0 Å². The van der Waals surface area contributed by atoms with Crippen LogP contribution in [-0.4, -0.2) is 24.4 Å². The normalized spacial score (nSPS) is 10.3. The second-order valence-corrected chi connectivity index (χ2v) is 4.47. The van der Waals surface area contributed by atoms with Gasteiger partial charge in [0.05, 0.1) is 5.56 Å². The van der Waals surface area contributed by atoms with E-state index in [1.165, 1.54) is 0 Å². The maximum atomic E-state index is 12.2. The van der Waals surface area contributed by atoms with Crippen molar-refractivity contribution in [2.24, 2.45) is 0 Å². The van der Waals surface area contributed by atoms with Gasteiger partial charge in [-0.05, 0) is 25.0 Å². The van der Waals surface area contributed by atoms with Crippen LogP contribution in [0.1, 0.15) is 42.1 Å². The first kappa shape index (κ1) is 13.6. The first-order chi connectivity index (χ1) is 8.07. The van der Waals surface area contributed by atoms with E-state index < -0.39 is 0 Å². The SMILES string of the molecule is CCCCCN(C)C(=O)c1c(C)cccc1N. The van der Waals surface area contributed by atoms with E-state index in [1.54, 1.807) is 11.0 Å². The Kier molecular flexibility index (Phi) is 5.01. The standard InChI is InChI=1S/C14H22N2O/c1-4-5-6-10-16(3)14(17)13-11(2)8-7-9-12(13)15/h7-9H,4-6,10,15H2,1-3H3. The number of nitrogens with zero attached hydrogens (tertiary/aromatic N) is 1. The molecule has 0 heterocycles. The minimum Gasteiger partial charge on any atom is -0.398 e. The summed E-state index contributed by atoms with van der Waals surface area (Å²) in [5.41, 5.74) is 8.02. The molecule has 0 spiro atoms. The molecule has 0 bridgehead atoms. The van der Waals surface area contributed by atoms with Crippen molar-refractivity contribution < 1.29 is 4.79 Å². The number of rotatable bonds is 5. The zero-order valence-electron chi connectivity index (χ0n) is 11.0. The minimum atomic E-state index is 0.0247. The largest absolute Gasteiger partial charge is 0.398 e. The van der Waals surface area contributed by atoms with Gasteiger partial charge in [-0.3, -0.25) is 4.79 Å². The van der Waals surface area contributed by atoms with Crippen molar-refractivity contribution in [3.63, 3.8) is 0 Å². The van der Waals surface area contributed by atoms with Crippen molar-refractivity contribution in [2.75, 3.05) is 19.3 Å². The third-order valence-corrected chi connectivity index (χ3v) is 2.96. The van der Waals surface area contributed by atoms with Crippen molar-refractivity contribution in [1.82, 2.24) is 4.90 Å². The Balaban J connectivity index is 2.75. The Morgan fingerprint density at radius 2 is 2.06 bits per heavy atom.